The number of nitrogens with one attached hydrogen (secondary N) is 2. The molecule has 0 spiro atoms. The summed E-state index contributed by atoms with van der Waals surface area (Å²) in [5, 5.41) is 14.7. The maximum Gasteiger partial charge on any atom is 0.274 e. The third kappa shape index (κ3) is 4.78. The number of rotatable bonds is 5. The minimum absolute atomic E-state index is 0.299. The van der Waals surface area contributed by atoms with Crippen LogP contribution >= 0.6 is 0 Å². The van der Waals surface area contributed by atoms with E-state index in [4.69, 9.17) is 5.26 Å². The van der Waals surface area contributed by atoms with Crippen LogP contribution in [0.15, 0.2) is 30.3 Å². The highest BCUT2D eigenvalue weighted by molar-refractivity contribution is 6.03. The van der Waals surface area contributed by atoms with Gasteiger partial charge in [-0.2, -0.15) is 5.26 Å². The van der Waals surface area contributed by atoms with Gasteiger partial charge in [0.15, 0.2) is 0 Å². The predicted octanol–water partition coefficient (Wildman–Crippen LogP) is 2.98. The van der Waals surface area contributed by atoms with Crippen molar-refractivity contribution in [1.82, 2.24) is 9.97 Å². The summed E-state index contributed by atoms with van der Waals surface area (Å²) in [7, 11) is 0. The Bertz CT molecular complexity index is 732. The first kappa shape index (κ1) is 16.4. The molecule has 0 radical (unpaired) electrons. The Morgan fingerprint density at radius 1 is 1.26 bits per heavy atom. The molecule has 2 rings (SSSR count). The Kier molecular flexibility index (Phi) is 5.26. The molecular formula is C17H19N5O. The van der Waals surface area contributed by atoms with E-state index >= 15 is 0 Å². The smallest absolute Gasteiger partial charge is 0.274 e. The lowest BCUT2D eigenvalue weighted by atomic mass is 10.2. The van der Waals surface area contributed by atoms with Gasteiger partial charge in [0.1, 0.15) is 17.3 Å². The van der Waals surface area contributed by atoms with Gasteiger partial charge < -0.3 is 10.6 Å². The standard InChI is InChI=1S/C17H19N5O/c1-11(2)10-19-16-8-15(20-12(3)21-16)17(23)22-14-6-4-13(9-18)5-7-14/h4-8,11H,10H2,1-3H3,(H,22,23)(H,19,20,21). The van der Waals surface area contributed by atoms with Gasteiger partial charge in [-0.05, 0) is 37.1 Å². The fourth-order valence-electron chi connectivity index (χ4n) is 1.91. The molecule has 0 fully saturated rings. The van der Waals surface area contributed by atoms with E-state index in [-0.39, 0.29) is 5.91 Å². The fraction of sp³-hybridized carbons (Fsp3) is 0.294. The maximum absolute atomic E-state index is 12.3. The number of aromatic nitrogens is 2. The molecule has 0 bridgehead atoms. The van der Waals surface area contributed by atoms with E-state index < -0.39 is 0 Å². The average Bonchev–Trinajstić information content (AvgIpc) is 2.53. The quantitative estimate of drug-likeness (QED) is 0.886. The Morgan fingerprint density at radius 3 is 2.57 bits per heavy atom. The number of nitrogens with zero attached hydrogens (tertiary/aromatic N) is 3. The van der Waals surface area contributed by atoms with Crippen LogP contribution in [-0.4, -0.2) is 22.4 Å². The van der Waals surface area contributed by atoms with Crippen LogP contribution in [0, 0.1) is 24.2 Å². The lowest BCUT2D eigenvalue weighted by Crippen LogP contribution is -2.16. The van der Waals surface area contributed by atoms with Crippen LogP contribution in [0.25, 0.3) is 0 Å². The van der Waals surface area contributed by atoms with E-state index in [1.165, 1.54) is 0 Å². The van der Waals surface area contributed by atoms with Crippen molar-refractivity contribution in [3.05, 3.63) is 47.4 Å². The summed E-state index contributed by atoms with van der Waals surface area (Å²) in [5.41, 5.74) is 1.45. The highest BCUT2D eigenvalue weighted by Gasteiger charge is 2.11. The third-order valence-corrected chi connectivity index (χ3v) is 3.03. The number of aryl methyl sites for hydroxylation is 1. The fourth-order valence-corrected chi connectivity index (χ4v) is 1.91. The largest absolute Gasteiger partial charge is 0.370 e. The molecule has 0 saturated heterocycles. The molecule has 1 aromatic heterocycles. The molecule has 118 valence electrons. The molecular weight excluding hydrogens is 290 g/mol. The van der Waals surface area contributed by atoms with Gasteiger partial charge in [0.05, 0.1) is 11.6 Å². The van der Waals surface area contributed by atoms with Gasteiger partial charge in [-0.1, -0.05) is 13.8 Å². The summed E-state index contributed by atoms with van der Waals surface area (Å²) in [6, 6.07) is 10.3. The first-order chi connectivity index (χ1) is 11.0. The zero-order valence-corrected chi connectivity index (χ0v) is 13.4. The summed E-state index contributed by atoms with van der Waals surface area (Å²) in [4.78, 5) is 20.8. The van der Waals surface area contributed by atoms with Crippen LogP contribution in [0.3, 0.4) is 0 Å². The molecule has 6 nitrogen and oxygen atoms in total. The van der Waals surface area contributed by atoms with Gasteiger partial charge in [0.2, 0.25) is 0 Å². The van der Waals surface area contributed by atoms with Crippen LogP contribution in [0.2, 0.25) is 0 Å². The molecule has 0 unspecified atom stereocenters. The number of benzene rings is 1. The lowest BCUT2D eigenvalue weighted by molar-refractivity contribution is 0.102. The first-order valence-corrected chi connectivity index (χ1v) is 7.39. The van der Waals surface area contributed by atoms with Gasteiger partial charge in [0, 0.05) is 18.3 Å². The van der Waals surface area contributed by atoms with E-state index in [1.54, 1.807) is 37.3 Å². The lowest BCUT2D eigenvalue weighted by Gasteiger charge is -2.10. The van der Waals surface area contributed by atoms with Gasteiger partial charge in [-0.15, -0.1) is 0 Å². The highest BCUT2D eigenvalue weighted by Crippen LogP contribution is 2.12. The number of nitriles is 1. The van der Waals surface area contributed by atoms with Gasteiger partial charge in [0.25, 0.3) is 5.91 Å². The number of anilines is 2. The number of amides is 1. The van der Waals surface area contributed by atoms with Crippen molar-refractivity contribution in [2.24, 2.45) is 5.92 Å². The number of hydrogen-bond donors (Lipinski definition) is 2. The van der Waals surface area contributed by atoms with Crippen molar-refractivity contribution in [1.29, 1.82) is 5.26 Å². The second-order valence-corrected chi connectivity index (χ2v) is 5.60. The topological polar surface area (TPSA) is 90.7 Å². The monoisotopic (exact) mass is 309 g/mol. The van der Waals surface area contributed by atoms with Gasteiger partial charge >= 0.3 is 0 Å². The minimum atomic E-state index is -0.312. The average molecular weight is 309 g/mol. The first-order valence-electron chi connectivity index (χ1n) is 7.39. The van der Waals surface area contributed by atoms with E-state index in [1.807, 2.05) is 6.07 Å². The molecule has 6 heteroatoms. The molecule has 0 atom stereocenters. The van der Waals surface area contributed by atoms with E-state index in [0.29, 0.717) is 34.5 Å². The molecule has 0 saturated carbocycles. The molecule has 1 amide bonds. The van der Waals surface area contributed by atoms with Crippen molar-refractivity contribution in [2.45, 2.75) is 20.8 Å². The van der Waals surface area contributed by atoms with Crippen LogP contribution < -0.4 is 10.6 Å². The molecule has 1 aromatic carbocycles. The highest BCUT2D eigenvalue weighted by atomic mass is 16.1. The molecule has 2 aromatic rings. The van der Waals surface area contributed by atoms with Crippen molar-refractivity contribution in [3.63, 3.8) is 0 Å². The molecule has 2 N–H and O–H groups in total. The van der Waals surface area contributed by atoms with Gasteiger partial charge in [-0.3, -0.25) is 4.79 Å². The van der Waals surface area contributed by atoms with Crippen LogP contribution in [0.4, 0.5) is 11.5 Å². The number of carbonyl (C=O) groups excluding carboxylic acids is 1. The maximum atomic E-state index is 12.3. The summed E-state index contributed by atoms with van der Waals surface area (Å²) < 4.78 is 0. The van der Waals surface area contributed by atoms with Crippen LogP contribution in [-0.2, 0) is 0 Å². The molecule has 23 heavy (non-hydrogen) atoms. The summed E-state index contributed by atoms with van der Waals surface area (Å²) in [5.74, 6) is 1.33. The molecule has 0 aliphatic heterocycles. The minimum Gasteiger partial charge on any atom is -0.370 e. The SMILES string of the molecule is Cc1nc(NCC(C)C)cc(C(=O)Nc2ccc(C#N)cc2)n1. The number of carbonyl (C=O) groups is 1. The van der Waals surface area contributed by atoms with E-state index in [9.17, 15) is 4.79 Å². The number of hydrogen-bond acceptors (Lipinski definition) is 5. The Morgan fingerprint density at radius 2 is 1.96 bits per heavy atom. The Balaban J connectivity index is 2.13. The third-order valence-electron chi connectivity index (χ3n) is 3.03. The molecule has 0 aliphatic rings. The van der Waals surface area contributed by atoms with Crippen LogP contribution in [0.5, 0.6) is 0 Å². The van der Waals surface area contributed by atoms with Crippen LogP contribution in [0.1, 0.15) is 35.7 Å². The Hall–Kier alpha value is -2.94. The summed E-state index contributed by atoms with van der Waals surface area (Å²) in [6.45, 7) is 6.71. The van der Waals surface area contributed by atoms with E-state index in [2.05, 4.69) is 34.4 Å². The van der Waals surface area contributed by atoms with Gasteiger partial charge in [-0.25, -0.2) is 9.97 Å². The predicted molar refractivity (Wildman–Crippen MR) is 89.2 cm³/mol. The summed E-state index contributed by atoms with van der Waals surface area (Å²) >= 11 is 0. The van der Waals surface area contributed by atoms with Crippen molar-refractivity contribution < 1.29 is 4.79 Å². The Labute approximate surface area is 135 Å². The zero-order valence-electron chi connectivity index (χ0n) is 13.4. The molecule has 1 heterocycles. The molecule has 0 aliphatic carbocycles. The van der Waals surface area contributed by atoms with Crippen molar-refractivity contribution in [2.75, 3.05) is 17.2 Å². The second-order valence-electron chi connectivity index (χ2n) is 5.60. The van der Waals surface area contributed by atoms with E-state index in [0.717, 1.165) is 6.54 Å². The normalized spacial score (nSPS) is 10.2. The van der Waals surface area contributed by atoms with Crippen molar-refractivity contribution in [3.8, 4) is 6.07 Å². The summed E-state index contributed by atoms with van der Waals surface area (Å²) in [6.07, 6.45) is 0. The zero-order chi connectivity index (χ0) is 16.8. The second kappa shape index (κ2) is 7.36. The van der Waals surface area contributed by atoms with Crippen molar-refractivity contribution >= 4 is 17.4 Å².